The summed E-state index contributed by atoms with van der Waals surface area (Å²) >= 11 is 0. The van der Waals surface area contributed by atoms with Crippen molar-refractivity contribution in [2.45, 2.75) is 0 Å². The first-order chi connectivity index (χ1) is 17.9. The van der Waals surface area contributed by atoms with Crippen molar-refractivity contribution in [2.75, 3.05) is 48.8 Å². The van der Waals surface area contributed by atoms with Crippen molar-refractivity contribution in [1.82, 2.24) is 29.4 Å². The normalized spacial score (nSPS) is 13.9. The van der Waals surface area contributed by atoms with Crippen molar-refractivity contribution in [1.29, 1.82) is 0 Å². The average molecular weight is 502 g/mol. The van der Waals surface area contributed by atoms with Crippen LogP contribution in [0.3, 0.4) is 0 Å². The monoisotopic (exact) mass is 501 g/mol. The van der Waals surface area contributed by atoms with Gasteiger partial charge in [0.2, 0.25) is 11.9 Å². The van der Waals surface area contributed by atoms with Crippen molar-refractivity contribution in [3.8, 4) is 5.69 Å². The predicted molar refractivity (Wildman–Crippen MR) is 139 cm³/mol. The number of benzene rings is 1. The van der Waals surface area contributed by atoms with Gasteiger partial charge in [-0.2, -0.15) is 9.97 Å². The lowest BCUT2D eigenvalue weighted by Gasteiger charge is -2.34. The number of carbonyl (C=O) groups is 1. The minimum atomic E-state index is -0.491. The van der Waals surface area contributed by atoms with Crippen LogP contribution in [0.5, 0.6) is 0 Å². The summed E-state index contributed by atoms with van der Waals surface area (Å²) in [5.41, 5.74) is 1.36. The predicted octanol–water partition coefficient (Wildman–Crippen LogP) is 2.33. The molecule has 37 heavy (non-hydrogen) atoms. The van der Waals surface area contributed by atoms with E-state index in [0.717, 1.165) is 32.3 Å². The second-order valence-electron chi connectivity index (χ2n) is 8.52. The van der Waals surface area contributed by atoms with Crippen LogP contribution in [0.25, 0.3) is 16.7 Å². The highest BCUT2D eigenvalue weighted by Crippen LogP contribution is 2.25. The molecule has 0 spiro atoms. The summed E-state index contributed by atoms with van der Waals surface area (Å²) in [6, 6.07) is 8.19. The molecule has 3 aromatic heterocycles. The summed E-state index contributed by atoms with van der Waals surface area (Å²) in [6.07, 6.45) is 5.34. The van der Waals surface area contributed by atoms with E-state index in [1.807, 2.05) is 11.9 Å². The third kappa shape index (κ3) is 5.14. The van der Waals surface area contributed by atoms with Crippen LogP contribution in [-0.4, -0.2) is 68.5 Å². The van der Waals surface area contributed by atoms with Crippen LogP contribution in [0.1, 0.15) is 0 Å². The Morgan fingerprint density at radius 3 is 2.68 bits per heavy atom. The Labute approximate surface area is 211 Å². The van der Waals surface area contributed by atoms with Gasteiger partial charge in [0, 0.05) is 50.3 Å². The van der Waals surface area contributed by atoms with Crippen LogP contribution in [-0.2, 0) is 4.79 Å². The van der Waals surface area contributed by atoms with Crippen LogP contribution in [0, 0.1) is 5.82 Å². The van der Waals surface area contributed by atoms with E-state index in [1.54, 1.807) is 28.8 Å². The Morgan fingerprint density at radius 1 is 1.11 bits per heavy atom. The molecule has 1 amide bonds. The molecule has 0 bridgehead atoms. The van der Waals surface area contributed by atoms with Crippen LogP contribution in [0.2, 0.25) is 0 Å². The average Bonchev–Trinajstić information content (AvgIpc) is 2.90. The number of likely N-dealkylation sites (N-methyl/N-ethyl adjacent to an activating group) is 1. The quantitative estimate of drug-likeness (QED) is 0.384. The van der Waals surface area contributed by atoms with Crippen molar-refractivity contribution < 1.29 is 9.18 Å². The molecule has 188 valence electrons. The number of rotatable bonds is 6. The van der Waals surface area contributed by atoms with Gasteiger partial charge in [0.25, 0.3) is 5.56 Å². The molecule has 0 aliphatic carbocycles. The van der Waals surface area contributed by atoms with Gasteiger partial charge in [-0.15, -0.1) is 0 Å². The Hall–Kier alpha value is -4.71. The summed E-state index contributed by atoms with van der Waals surface area (Å²) in [6.45, 7) is 6.69. The summed E-state index contributed by atoms with van der Waals surface area (Å²) in [5.74, 6) is -0.292. The zero-order valence-electron chi connectivity index (χ0n) is 20.1. The molecule has 1 aromatic carbocycles. The van der Waals surface area contributed by atoms with Gasteiger partial charge in [-0.1, -0.05) is 6.58 Å². The van der Waals surface area contributed by atoms with Crippen LogP contribution < -0.4 is 21.1 Å². The highest BCUT2D eigenvalue weighted by molar-refractivity contribution is 5.98. The van der Waals surface area contributed by atoms with E-state index in [1.165, 1.54) is 24.8 Å². The number of anilines is 4. The number of piperazine rings is 1. The molecule has 0 saturated carbocycles. The van der Waals surface area contributed by atoms with Gasteiger partial charge >= 0.3 is 0 Å². The fourth-order valence-electron chi connectivity index (χ4n) is 4.02. The fourth-order valence-corrected chi connectivity index (χ4v) is 4.02. The molecule has 0 atom stereocenters. The zero-order valence-corrected chi connectivity index (χ0v) is 20.1. The Morgan fingerprint density at radius 2 is 1.92 bits per heavy atom. The summed E-state index contributed by atoms with van der Waals surface area (Å²) in [4.78, 5) is 45.0. The maximum Gasteiger partial charge on any atom is 0.283 e. The number of hydrogen-bond donors (Lipinski definition) is 2. The van der Waals surface area contributed by atoms with Crippen LogP contribution in [0.15, 0.2) is 66.5 Å². The fraction of sp³-hybridized carbons (Fsp3) is 0.200. The topological polar surface area (TPSA) is 121 Å². The number of amides is 1. The molecule has 0 radical (unpaired) electrons. The lowest BCUT2D eigenvalue weighted by atomic mass is 10.2. The number of carbonyl (C=O) groups excluding carboxylic acids is 1. The minimum Gasteiger partial charge on any atom is -0.367 e. The van der Waals surface area contributed by atoms with Crippen molar-refractivity contribution >= 4 is 40.1 Å². The van der Waals surface area contributed by atoms with Gasteiger partial charge in [0.1, 0.15) is 23.3 Å². The number of pyridine rings is 1. The van der Waals surface area contributed by atoms with Crippen molar-refractivity contribution in [3.63, 3.8) is 0 Å². The van der Waals surface area contributed by atoms with E-state index >= 15 is 0 Å². The molecule has 1 fully saturated rings. The van der Waals surface area contributed by atoms with E-state index < -0.39 is 11.5 Å². The SMILES string of the molecule is C=CC(=O)Nc1cc(-n2cnc(=O)c3cnc(Nc4ccc(N5CCN(C)CC5)c(F)c4)nc32)ccn1. The minimum absolute atomic E-state index is 0.174. The van der Waals surface area contributed by atoms with E-state index in [4.69, 9.17) is 0 Å². The Kier molecular flexibility index (Phi) is 6.56. The number of halogens is 1. The van der Waals surface area contributed by atoms with E-state index in [0.29, 0.717) is 17.1 Å². The molecular weight excluding hydrogens is 477 g/mol. The first-order valence-corrected chi connectivity index (χ1v) is 11.6. The third-order valence-electron chi connectivity index (χ3n) is 6.02. The van der Waals surface area contributed by atoms with E-state index in [-0.39, 0.29) is 28.6 Å². The highest BCUT2D eigenvalue weighted by atomic mass is 19.1. The van der Waals surface area contributed by atoms with Crippen LogP contribution >= 0.6 is 0 Å². The maximum absolute atomic E-state index is 14.9. The smallest absolute Gasteiger partial charge is 0.283 e. The molecule has 4 heterocycles. The second-order valence-corrected chi connectivity index (χ2v) is 8.52. The number of nitrogens with zero attached hydrogens (tertiary/aromatic N) is 7. The first kappa shape index (κ1) is 24.0. The largest absolute Gasteiger partial charge is 0.367 e. The Balaban J connectivity index is 1.45. The van der Waals surface area contributed by atoms with E-state index in [2.05, 4.69) is 42.0 Å². The molecule has 11 nitrogen and oxygen atoms in total. The van der Waals surface area contributed by atoms with Gasteiger partial charge in [0.05, 0.1) is 11.4 Å². The molecule has 1 aliphatic heterocycles. The summed E-state index contributed by atoms with van der Waals surface area (Å²) < 4.78 is 16.5. The third-order valence-corrected chi connectivity index (χ3v) is 6.02. The maximum atomic E-state index is 14.9. The summed E-state index contributed by atoms with van der Waals surface area (Å²) in [7, 11) is 2.05. The lowest BCUT2D eigenvalue weighted by Crippen LogP contribution is -2.44. The summed E-state index contributed by atoms with van der Waals surface area (Å²) in [5, 5.41) is 5.80. The molecule has 1 saturated heterocycles. The highest BCUT2D eigenvalue weighted by Gasteiger charge is 2.18. The van der Waals surface area contributed by atoms with Gasteiger partial charge in [-0.05, 0) is 37.4 Å². The number of fused-ring (bicyclic) bond motifs is 1. The molecular formula is C25H24FN9O2. The van der Waals surface area contributed by atoms with E-state index in [9.17, 15) is 14.0 Å². The van der Waals surface area contributed by atoms with Crippen LogP contribution in [0.4, 0.5) is 27.5 Å². The molecule has 12 heteroatoms. The Bertz CT molecular complexity index is 1550. The number of aromatic nitrogens is 5. The van der Waals surface area contributed by atoms with Gasteiger partial charge < -0.3 is 20.4 Å². The van der Waals surface area contributed by atoms with Crippen molar-refractivity contribution in [3.05, 3.63) is 77.9 Å². The molecule has 5 rings (SSSR count). The molecule has 1 aliphatic rings. The number of hydrogen-bond acceptors (Lipinski definition) is 9. The molecule has 4 aromatic rings. The van der Waals surface area contributed by atoms with Crippen molar-refractivity contribution in [2.24, 2.45) is 0 Å². The first-order valence-electron chi connectivity index (χ1n) is 11.6. The molecule has 2 N–H and O–H groups in total. The second kappa shape index (κ2) is 10.1. The van der Waals surface area contributed by atoms with Gasteiger partial charge in [-0.25, -0.2) is 14.4 Å². The molecule has 0 unspecified atom stereocenters. The lowest BCUT2D eigenvalue weighted by molar-refractivity contribution is -0.111. The number of nitrogens with one attached hydrogen (secondary N) is 2. The zero-order chi connectivity index (χ0) is 25.9. The van der Waals surface area contributed by atoms with Gasteiger partial charge in [-0.3, -0.25) is 14.2 Å². The standard InChI is InChI=1S/C25H24FN9O2/c1-3-22(36)31-21-13-17(6-7-27-21)35-15-29-24(37)18-14-28-25(32-23(18)35)30-16-4-5-20(19(26)12-16)34-10-8-33(2)9-11-34/h3-7,12-15H,1,8-11H2,2H3,(H,27,31,36)(H,28,30,32). The van der Waals surface area contributed by atoms with Gasteiger partial charge in [0.15, 0.2) is 5.65 Å².